The van der Waals surface area contributed by atoms with Crippen molar-refractivity contribution in [3.63, 3.8) is 0 Å². The second-order valence-electron chi connectivity index (χ2n) is 23.6. The van der Waals surface area contributed by atoms with Crippen LogP contribution in [-0.2, 0) is 4.79 Å². The van der Waals surface area contributed by atoms with Crippen molar-refractivity contribution in [3.8, 4) is 0 Å². The molecule has 2 atom stereocenters. The van der Waals surface area contributed by atoms with Crippen LogP contribution < -0.4 is 10.6 Å². The lowest BCUT2D eigenvalue weighted by Crippen LogP contribution is -2.45. The van der Waals surface area contributed by atoms with Gasteiger partial charge in [-0.1, -0.05) is 51.3 Å². The zero-order valence-corrected chi connectivity index (χ0v) is 46.9. The van der Waals surface area contributed by atoms with Crippen molar-refractivity contribution in [2.45, 2.75) is 212 Å². The number of aliphatic hydroxyl groups is 2. The normalized spacial score (nSPS) is 23.3. The van der Waals surface area contributed by atoms with Gasteiger partial charge in [0, 0.05) is 97.4 Å². The van der Waals surface area contributed by atoms with Gasteiger partial charge in [-0.2, -0.15) is 9.97 Å². The molecule has 15 nitrogen and oxygen atoms in total. The monoisotopic (exact) mass is 1040 g/mol. The van der Waals surface area contributed by atoms with Crippen molar-refractivity contribution in [2.24, 2.45) is 5.92 Å². The maximum absolute atomic E-state index is 13.3. The minimum absolute atomic E-state index is 0.130. The van der Waals surface area contributed by atoms with E-state index in [-0.39, 0.29) is 24.0 Å². The van der Waals surface area contributed by atoms with Crippen LogP contribution in [0.2, 0.25) is 0 Å². The maximum Gasteiger partial charge on any atom is 0.253 e. The molecule has 5 aliphatic rings. The predicted octanol–water partition coefficient (Wildman–Crippen LogP) is 11.2. The lowest BCUT2D eigenvalue weighted by atomic mass is 9.88. The number of rotatable bonds is 16. The Morgan fingerprint density at radius 2 is 1.09 bits per heavy atom. The van der Waals surface area contributed by atoms with Crippen LogP contribution in [0.3, 0.4) is 0 Å². The smallest absolute Gasteiger partial charge is 0.253 e. The first-order chi connectivity index (χ1) is 36.9. The van der Waals surface area contributed by atoms with Crippen LogP contribution in [0, 0.1) is 12.8 Å². The quantitative estimate of drug-likeness (QED) is 0.0742. The number of hydrogen-bond donors (Lipinski definition) is 4. The van der Waals surface area contributed by atoms with Crippen LogP contribution >= 0.6 is 0 Å². The first-order valence-corrected chi connectivity index (χ1v) is 29.9. The predicted molar refractivity (Wildman–Crippen MR) is 305 cm³/mol. The number of fused-ring (bicyclic) bond motifs is 2. The average molecular weight is 1040 g/mol. The molecular formula is C61H91N11O4. The second kappa shape index (κ2) is 26.0. The Bertz CT molecular complexity index is 2660. The van der Waals surface area contributed by atoms with E-state index < -0.39 is 0 Å². The van der Waals surface area contributed by atoms with Crippen LogP contribution in [0.5, 0.6) is 0 Å². The summed E-state index contributed by atoms with van der Waals surface area (Å²) in [5.41, 5.74) is 6.55. The number of likely N-dealkylation sites (tertiary alicyclic amines) is 3. The van der Waals surface area contributed by atoms with E-state index in [4.69, 9.17) is 19.9 Å². The standard InChI is InChI=1S/C31H50N6O2.C30H41N5O2/c1-4-6-22(3)33-31-32-20-27-28(21-37(29(27)34-31)25-7-9-26(38)10-8-25)23-13-18-36(19-14-23)30(39)24-11-16-35(15-5-2)17-12-24;1-4-6-21(3)32-30-31-18-26-27(19-35(28(26)33-30)24-9-11-25(36)12-10-24)22-13-15-34(16-14-22)29(37)23-8-5-7-20(2)17-23/h20-26,38H,4-19H2,1-3H3,(H,32,33,34);5,7-8,17-19,21-22,24-25,36H,4,6,9-16H2,1-3H3,(H,31,32,33)/t22-,25?,26?;21-,24?,25?/m00/s1. The number of aryl methyl sites for hydroxylation is 1. The maximum atomic E-state index is 13.3. The Balaban J connectivity index is 0.000000186. The highest BCUT2D eigenvalue weighted by Gasteiger charge is 2.34. The van der Waals surface area contributed by atoms with E-state index in [1.807, 2.05) is 48.5 Å². The molecule has 414 valence electrons. The van der Waals surface area contributed by atoms with Crippen LogP contribution in [0.4, 0.5) is 11.9 Å². The molecule has 5 aromatic rings. The SMILES string of the molecule is CCC[C@H](C)Nc1ncc2c(C3CCN(C(=O)C4CCN(CCC)CC4)CC3)cn(C3CCC(O)CC3)c2n1.CCC[C@H](C)Nc1ncc2c(C3CCN(C(=O)c4cccc(C)c4)CC3)cn(C3CCC(O)CC3)c2n1. The van der Waals surface area contributed by atoms with Crippen LogP contribution in [0.25, 0.3) is 22.1 Å². The summed E-state index contributed by atoms with van der Waals surface area (Å²) in [6, 6.07) is 9.25. The van der Waals surface area contributed by atoms with Gasteiger partial charge >= 0.3 is 0 Å². The van der Waals surface area contributed by atoms with E-state index in [9.17, 15) is 19.8 Å². The van der Waals surface area contributed by atoms with Gasteiger partial charge in [0.05, 0.1) is 12.2 Å². The lowest BCUT2D eigenvalue weighted by Gasteiger charge is -2.37. The molecule has 1 aromatic carbocycles. The highest BCUT2D eigenvalue weighted by molar-refractivity contribution is 5.94. The van der Waals surface area contributed by atoms with Crippen molar-refractivity contribution in [1.82, 2.24) is 43.8 Å². The van der Waals surface area contributed by atoms with E-state index in [0.717, 1.165) is 195 Å². The Morgan fingerprint density at radius 3 is 1.54 bits per heavy atom. The fourth-order valence-corrected chi connectivity index (χ4v) is 13.3. The summed E-state index contributed by atoms with van der Waals surface area (Å²) in [5, 5.41) is 29.5. The van der Waals surface area contributed by atoms with E-state index in [0.29, 0.717) is 53.8 Å². The summed E-state index contributed by atoms with van der Waals surface area (Å²) in [7, 11) is 0. The van der Waals surface area contributed by atoms with Crippen molar-refractivity contribution in [2.75, 3.05) is 56.4 Å². The second-order valence-corrected chi connectivity index (χ2v) is 23.6. The fourth-order valence-electron chi connectivity index (χ4n) is 13.3. The number of carbonyl (C=O) groups is 2. The summed E-state index contributed by atoms with van der Waals surface area (Å²) in [6.45, 7) is 19.5. The van der Waals surface area contributed by atoms with Crippen molar-refractivity contribution >= 4 is 45.8 Å². The first kappa shape index (κ1) is 55.6. The third kappa shape index (κ3) is 13.4. The molecule has 3 saturated heterocycles. The van der Waals surface area contributed by atoms with Crippen LogP contribution in [0.15, 0.2) is 49.1 Å². The molecule has 2 aliphatic carbocycles. The molecule has 5 fully saturated rings. The summed E-state index contributed by atoms with van der Waals surface area (Å²) >= 11 is 0. The number of aliphatic hydroxyl groups excluding tert-OH is 2. The molecule has 2 saturated carbocycles. The van der Waals surface area contributed by atoms with Gasteiger partial charge in [-0.3, -0.25) is 9.59 Å². The Hall–Kier alpha value is -5.12. The number of benzene rings is 1. The zero-order chi connectivity index (χ0) is 53.3. The van der Waals surface area contributed by atoms with E-state index in [1.54, 1.807) is 0 Å². The Kier molecular flexibility index (Phi) is 19.0. The van der Waals surface area contributed by atoms with E-state index in [2.05, 4.69) is 76.6 Å². The van der Waals surface area contributed by atoms with Gasteiger partial charge in [0.25, 0.3) is 5.91 Å². The summed E-state index contributed by atoms with van der Waals surface area (Å²) < 4.78 is 4.74. The molecular weight excluding hydrogens is 951 g/mol. The Labute approximate surface area is 453 Å². The molecule has 0 bridgehead atoms. The van der Waals surface area contributed by atoms with Gasteiger partial charge in [0.15, 0.2) is 0 Å². The third-order valence-corrected chi connectivity index (χ3v) is 17.7. The number of nitrogens with one attached hydrogen (secondary N) is 2. The number of carbonyl (C=O) groups excluding carboxylic acids is 2. The van der Waals surface area contributed by atoms with Gasteiger partial charge < -0.3 is 44.7 Å². The highest BCUT2D eigenvalue weighted by atomic mass is 16.3. The minimum Gasteiger partial charge on any atom is -0.393 e. The highest BCUT2D eigenvalue weighted by Crippen LogP contribution is 2.41. The van der Waals surface area contributed by atoms with Gasteiger partial charge in [-0.25, -0.2) is 9.97 Å². The zero-order valence-electron chi connectivity index (χ0n) is 46.9. The molecule has 7 heterocycles. The van der Waals surface area contributed by atoms with Gasteiger partial charge in [0.2, 0.25) is 17.8 Å². The van der Waals surface area contributed by atoms with Crippen LogP contribution in [0.1, 0.15) is 208 Å². The molecule has 15 heteroatoms. The molecule has 3 aliphatic heterocycles. The minimum atomic E-state index is -0.186. The van der Waals surface area contributed by atoms with Crippen molar-refractivity contribution in [1.29, 1.82) is 0 Å². The Morgan fingerprint density at radius 1 is 0.618 bits per heavy atom. The largest absolute Gasteiger partial charge is 0.393 e. The van der Waals surface area contributed by atoms with E-state index in [1.165, 1.54) is 17.5 Å². The van der Waals surface area contributed by atoms with Crippen molar-refractivity contribution < 1.29 is 19.8 Å². The lowest BCUT2D eigenvalue weighted by molar-refractivity contribution is -0.138. The van der Waals surface area contributed by atoms with Crippen molar-refractivity contribution in [3.05, 3.63) is 71.3 Å². The topological polar surface area (TPSA) is 170 Å². The fraction of sp³-hybridized carbons (Fsp3) is 0.672. The molecule has 76 heavy (non-hydrogen) atoms. The number of anilines is 2. The molecule has 4 N–H and O–H groups in total. The number of piperidine rings is 3. The summed E-state index contributed by atoms with van der Waals surface area (Å²) in [6.07, 6.45) is 27.0. The molecule has 0 unspecified atom stereocenters. The molecule has 10 rings (SSSR count). The van der Waals surface area contributed by atoms with Gasteiger partial charge in [0.1, 0.15) is 11.3 Å². The summed E-state index contributed by atoms with van der Waals surface area (Å²) in [4.78, 5) is 52.6. The average Bonchev–Trinajstić information content (AvgIpc) is 4.02. The third-order valence-electron chi connectivity index (χ3n) is 17.7. The van der Waals surface area contributed by atoms with Gasteiger partial charge in [-0.05, 0) is 185 Å². The number of hydrogen-bond acceptors (Lipinski definition) is 11. The number of amides is 2. The number of aromatic nitrogens is 6. The molecule has 0 radical (unpaired) electrons. The molecule has 4 aromatic heterocycles. The van der Waals surface area contributed by atoms with E-state index >= 15 is 0 Å². The number of nitrogens with zero attached hydrogens (tertiary/aromatic N) is 9. The van der Waals surface area contributed by atoms with Crippen LogP contribution in [-0.4, -0.2) is 136 Å². The molecule has 2 amide bonds. The summed E-state index contributed by atoms with van der Waals surface area (Å²) in [5.74, 6) is 2.90. The van der Waals surface area contributed by atoms with Gasteiger partial charge in [-0.15, -0.1) is 0 Å². The molecule has 0 spiro atoms. The first-order valence-electron chi connectivity index (χ1n) is 29.9.